The van der Waals surface area contributed by atoms with E-state index < -0.39 is 0 Å². The molecule has 1 rings (SSSR count). The smallest absolute Gasteiger partial charge is 0.120 e. The Bertz CT molecular complexity index is 350. The van der Waals surface area contributed by atoms with Crippen LogP contribution in [0.1, 0.15) is 45.2 Å². The molecule has 3 nitrogen and oxygen atoms in total. The molecule has 0 saturated carbocycles. The molecule has 3 heteroatoms. The molecule has 102 valence electrons. The molecule has 0 saturated heterocycles. The van der Waals surface area contributed by atoms with Gasteiger partial charge >= 0.3 is 0 Å². The molecule has 0 aliphatic rings. The van der Waals surface area contributed by atoms with Crippen LogP contribution in [0.3, 0.4) is 0 Å². The molecule has 0 bridgehead atoms. The van der Waals surface area contributed by atoms with Crippen molar-refractivity contribution in [3.8, 4) is 5.75 Å². The minimum Gasteiger partial charge on any atom is -0.508 e. The first-order valence-electron chi connectivity index (χ1n) is 6.79. The number of nitrogens with one attached hydrogen (secondary N) is 1. The molecular formula is C15H25NO2. The van der Waals surface area contributed by atoms with E-state index in [0.29, 0.717) is 18.2 Å². The lowest BCUT2D eigenvalue weighted by atomic mass is 9.96. The molecule has 1 aromatic carbocycles. The summed E-state index contributed by atoms with van der Waals surface area (Å²) in [6, 6.07) is 7.34. The van der Waals surface area contributed by atoms with E-state index in [-0.39, 0.29) is 12.1 Å². The summed E-state index contributed by atoms with van der Waals surface area (Å²) in [5.74, 6) is 0.642. The molecule has 0 aliphatic heterocycles. The molecule has 0 aliphatic carbocycles. The highest BCUT2D eigenvalue weighted by Gasteiger charge is 2.17. The summed E-state index contributed by atoms with van der Waals surface area (Å²) in [5.41, 5.74) is 0.870. The third-order valence-corrected chi connectivity index (χ3v) is 3.63. The zero-order valence-electron chi connectivity index (χ0n) is 11.6. The summed E-state index contributed by atoms with van der Waals surface area (Å²) in [4.78, 5) is 0. The molecule has 0 heterocycles. The van der Waals surface area contributed by atoms with Gasteiger partial charge in [-0.1, -0.05) is 44.9 Å². The van der Waals surface area contributed by atoms with Gasteiger partial charge in [0.05, 0.1) is 6.10 Å². The normalized spacial score (nSPS) is 14.7. The largest absolute Gasteiger partial charge is 0.508 e. The Kier molecular flexibility index (Phi) is 6.16. The van der Waals surface area contributed by atoms with Gasteiger partial charge in [-0.3, -0.25) is 0 Å². The molecule has 0 radical (unpaired) electrons. The quantitative estimate of drug-likeness (QED) is 0.698. The lowest BCUT2D eigenvalue weighted by Crippen LogP contribution is -2.33. The van der Waals surface area contributed by atoms with Crippen LogP contribution in [-0.4, -0.2) is 22.9 Å². The highest BCUT2D eigenvalue weighted by Crippen LogP contribution is 2.23. The first-order valence-corrected chi connectivity index (χ1v) is 6.79. The maximum absolute atomic E-state index is 10.0. The van der Waals surface area contributed by atoms with Crippen LogP contribution in [0, 0.1) is 5.92 Å². The van der Waals surface area contributed by atoms with Gasteiger partial charge in [0.25, 0.3) is 0 Å². The van der Waals surface area contributed by atoms with Gasteiger partial charge < -0.3 is 15.5 Å². The molecule has 3 N–H and O–H groups in total. The average Bonchev–Trinajstić information content (AvgIpc) is 2.38. The van der Waals surface area contributed by atoms with Crippen molar-refractivity contribution in [1.82, 2.24) is 5.32 Å². The Labute approximate surface area is 110 Å². The summed E-state index contributed by atoms with van der Waals surface area (Å²) >= 11 is 0. The number of phenolic OH excluding ortho intramolecular Hbond substituents is 1. The zero-order chi connectivity index (χ0) is 13.5. The number of phenols is 1. The second-order valence-electron chi connectivity index (χ2n) is 4.83. The molecular weight excluding hydrogens is 226 g/mol. The number of benzene rings is 1. The van der Waals surface area contributed by atoms with Crippen LogP contribution in [0.4, 0.5) is 0 Å². The van der Waals surface area contributed by atoms with Gasteiger partial charge in [0.1, 0.15) is 5.75 Å². The number of aliphatic hydroxyl groups is 1. The van der Waals surface area contributed by atoms with Gasteiger partial charge in [-0.15, -0.1) is 0 Å². The van der Waals surface area contributed by atoms with Gasteiger partial charge in [-0.25, -0.2) is 0 Å². The van der Waals surface area contributed by atoms with Crippen molar-refractivity contribution in [3.05, 3.63) is 29.8 Å². The molecule has 0 amide bonds. The van der Waals surface area contributed by atoms with Crippen molar-refractivity contribution in [2.75, 3.05) is 6.54 Å². The van der Waals surface area contributed by atoms with E-state index in [4.69, 9.17) is 0 Å². The Hall–Kier alpha value is -1.06. The first-order chi connectivity index (χ1) is 8.60. The number of aromatic hydroxyl groups is 1. The lowest BCUT2D eigenvalue weighted by Gasteiger charge is -2.23. The minimum atomic E-state index is -0.326. The Morgan fingerprint density at radius 2 is 1.78 bits per heavy atom. The van der Waals surface area contributed by atoms with E-state index >= 15 is 0 Å². The molecule has 18 heavy (non-hydrogen) atoms. The first kappa shape index (κ1) is 15.0. The summed E-state index contributed by atoms with van der Waals surface area (Å²) in [6.07, 6.45) is 1.66. The van der Waals surface area contributed by atoms with E-state index in [2.05, 4.69) is 19.2 Å². The number of hydrogen-bond donors (Lipinski definition) is 3. The maximum Gasteiger partial charge on any atom is 0.120 e. The maximum atomic E-state index is 10.0. The molecule has 2 unspecified atom stereocenters. The van der Waals surface area contributed by atoms with Crippen LogP contribution in [0.25, 0.3) is 0 Å². The van der Waals surface area contributed by atoms with Crippen LogP contribution >= 0.6 is 0 Å². The molecule has 0 spiro atoms. The van der Waals surface area contributed by atoms with Crippen LogP contribution in [0.5, 0.6) is 5.75 Å². The third kappa shape index (κ3) is 4.00. The number of para-hydroxylation sites is 1. The van der Waals surface area contributed by atoms with E-state index in [1.807, 2.05) is 25.1 Å². The number of hydrogen-bond acceptors (Lipinski definition) is 3. The van der Waals surface area contributed by atoms with Crippen molar-refractivity contribution < 1.29 is 10.2 Å². The van der Waals surface area contributed by atoms with Gasteiger partial charge in [0.15, 0.2) is 0 Å². The topological polar surface area (TPSA) is 52.5 Å². The summed E-state index contributed by atoms with van der Waals surface area (Å²) in [6.45, 7) is 6.75. The van der Waals surface area contributed by atoms with Crippen molar-refractivity contribution >= 4 is 0 Å². The standard InChI is InChI=1S/C15H25NO2/c1-4-12(5-2)15(18)10-16-11(3)13-8-6-7-9-14(13)17/h6-9,11-12,15-18H,4-5,10H2,1-3H3. The van der Waals surface area contributed by atoms with Crippen LogP contribution in [0.15, 0.2) is 24.3 Å². The van der Waals surface area contributed by atoms with E-state index in [9.17, 15) is 10.2 Å². The molecule has 2 atom stereocenters. The van der Waals surface area contributed by atoms with Gasteiger partial charge in [0, 0.05) is 18.2 Å². The third-order valence-electron chi connectivity index (χ3n) is 3.63. The summed E-state index contributed by atoms with van der Waals surface area (Å²) in [5, 5.41) is 23.1. The fourth-order valence-electron chi connectivity index (χ4n) is 2.26. The Morgan fingerprint density at radius 1 is 1.17 bits per heavy atom. The summed E-state index contributed by atoms with van der Waals surface area (Å²) in [7, 11) is 0. The summed E-state index contributed by atoms with van der Waals surface area (Å²) < 4.78 is 0. The zero-order valence-corrected chi connectivity index (χ0v) is 11.6. The highest BCUT2D eigenvalue weighted by atomic mass is 16.3. The SMILES string of the molecule is CCC(CC)C(O)CNC(C)c1ccccc1O. The van der Waals surface area contributed by atoms with Gasteiger partial charge in [-0.05, 0) is 18.9 Å². The molecule has 1 aromatic rings. The van der Waals surface area contributed by atoms with Gasteiger partial charge in [0.2, 0.25) is 0 Å². The van der Waals surface area contributed by atoms with Gasteiger partial charge in [-0.2, -0.15) is 0 Å². The molecule has 0 aromatic heterocycles. The predicted octanol–water partition coefficient (Wildman–Crippen LogP) is 2.84. The van der Waals surface area contributed by atoms with Crippen molar-refractivity contribution in [2.24, 2.45) is 5.92 Å². The second-order valence-corrected chi connectivity index (χ2v) is 4.83. The fourth-order valence-corrected chi connectivity index (χ4v) is 2.26. The van der Waals surface area contributed by atoms with Crippen molar-refractivity contribution in [3.63, 3.8) is 0 Å². The van der Waals surface area contributed by atoms with Crippen molar-refractivity contribution in [1.29, 1.82) is 0 Å². The van der Waals surface area contributed by atoms with Crippen molar-refractivity contribution in [2.45, 2.75) is 45.8 Å². The van der Waals surface area contributed by atoms with E-state index in [0.717, 1.165) is 18.4 Å². The number of rotatable bonds is 7. The van der Waals surface area contributed by atoms with Crippen LogP contribution in [0.2, 0.25) is 0 Å². The number of aliphatic hydroxyl groups excluding tert-OH is 1. The Balaban J connectivity index is 2.51. The van der Waals surface area contributed by atoms with E-state index in [1.54, 1.807) is 6.07 Å². The predicted molar refractivity (Wildman–Crippen MR) is 74.6 cm³/mol. The minimum absolute atomic E-state index is 0.0372. The van der Waals surface area contributed by atoms with E-state index in [1.165, 1.54) is 0 Å². The second kappa shape index (κ2) is 7.39. The lowest BCUT2D eigenvalue weighted by molar-refractivity contribution is 0.0988. The monoisotopic (exact) mass is 251 g/mol. The van der Waals surface area contributed by atoms with Crippen LogP contribution < -0.4 is 5.32 Å². The molecule has 0 fully saturated rings. The Morgan fingerprint density at radius 3 is 2.33 bits per heavy atom. The van der Waals surface area contributed by atoms with Crippen LogP contribution in [-0.2, 0) is 0 Å². The fraction of sp³-hybridized carbons (Fsp3) is 0.600. The average molecular weight is 251 g/mol. The highest BCUT2D eigenvalue weighted by molar-refractivity contribution is 5.34.